The number of aromatic hydroxyl groups is 1. The maximum atomic E-state index is 15.3. The van der Waals surface area contributed by atoms with Gasteiger partial charge >= 0.3 is 0 Å². The monoisotopic (exact) mass is 486 g/mol. The molecule has 4 atom stereocenters. The van der Waals surface area contributed by atoms with Gasteiger partial charge in [0.1, 0.15) is 24.1 Å². The minimum atomic E-state index is -0.971. The summed E-state index contributed by atoms with van der Waals surface area (Å²) in [7, 11) is 1.46. The Bertz CT molecular complexity index is 1220. The highest BCUT2D eigenvalue weighted by Gasteiger charge is 2.48. The summed E-state index contributed by atoms with van der Waals surface area (Å²) >= 11 is 1.26. The van der Waals surface area contributed by atoms with Crippen LogP contribution in [-0.4, -0.2) is 62.7 Å². The van der Waals surface area contributed by atoms with Crippen molar-refractivity contribution in [2.75, 3.05) is 12.0 Å². The molecule has 2 aliphatic heterocycles. The van der Waals surface area contributed by atoms with E-state index in [4.69, 9.17) is 4.74 Å². The highest BCUT2D eigenvalue weighted by Crippen LogP contribution is 2.44. The van der Waals surface area contributed by atoms with Gasteiger partial charge in [0.05, 0.1) is 24.4 Å². The van der Waals surface area contributed by atoms with Crippen LogP contribution >= 0.6 is 11.3 Å². The van der Waals surface area contributed by atoms with Crippen LogP contribution in [-0.2, 0) is 0 Å². The Labute approximate surface area is 199 Å². The molecule has 2 aromatic heterocycles. The van der Waals surface area contributed by atoms with Gasteiger partial charge in [-0.1, -0.05) is 11.3 Å². The van der Waals surface area contributed by atoms with Gasteiger partial charge in [0.2, 0.25) is 11.0 Å². The Morgan fingerprint density at radius 3 is 2.76 bits per heavy atom. The first-order valence-electron chi connectivity index (χ1n) is 11.4. The molecule has 1 saturated carbocycles. The molecular weight excluding hydrogens is 462 g/mol. The molecule has 0 amide bonds. The second-order valence-corrected chi connectivity index (χ2v) is 10.1. The molecular formula is C23H24F2N6O2S. The Balaban J connectivity index is 1.31. The van der Waals surface area contributed by atoms with Crippen molar-refractivity contribution in [1.82, 2.24) is 25.5 Å². The van der Waals surface area contributed by atoms with Gasteiger partial charge in [0.25, 0.3) is 0 Å². The topological polar surface area (TPSA) is 96.3 Å². The van der Waals surface area contributed by atoms with Gasteiger partial charge in [-0.25, -0.2) is 18.7 Å². The van der Waals surface area contributed by atoms with E-state index < -0.39 is 12.0 Å². The number of aromatic nitrogens is 4. The van der Waals surface area contributed by atoms with Gasteiger partial charge < -0.3 is 20.1 Å². The average Bonchev–Trinajstić information content (AvgIpc) is 3.41. The van der Waals surface area contributed by atoms with E-state index in [0.29, 0.717) is 27.8 Å². The Hall–Kier alpha value is -2.92. The predicted molar refractivity (Wildman–Crippen MR) is 123 cm³/mol. The molecule has 8 nitrogen and oxygen atoms in total. The van der Waals surface area contributed by atoms with Crippen LogP contribution < -0.4 is 15.0 Å². The van der Waals surface area contributed by atoms with Crippen LogP contribution in [0.1, 0.15) is 32.1 Å². The number of hydrogen-bond acceptors (Lipinski definition) is 9. The maximum absolute atomic E-state index is 15.3. The van der Waals surface area contributed by atoms with Crippen molar-refractivity contribution in [3.8, 4) is 33.5 Å². The molecule has 2 bridgehead atoms. The van der Waals surface area contributed by atoms with Crippen molar-refractivity contribution in [1.29, 1.82) is 0 Å². The summed E-state index contributed by atoms with van der Waals surface area (Å²) in [4.78, 5) is 10.1. The van der Waals surface area contributed by atoms with Crippen molar-refractivity contribution >= 4 is 16.5 Å². The maximum Gasteiger partial charge on any atom is 0.216 e. The molecule has 6 rings (SSSR count). The standard InChI is InChI=1S/C23H24F2N6O2S/c1-33-20-9-17(26-10-27-20)13-8-19(32)14(7-15(13)24)22-29-30-23(34-22)31(12-3-4-12)18-6-11-2-5-16(28-11)21(18)25/h7-12,16,18,21,28,32H,2-6H2,1H3. The van der Waals surface area contributed by atoms with E-state index in [1.165, 1.54) is 43.0 Å². The molecule has 4 unspecified atom stereocenters. The molecule has 1 aromatic carbocycles. The van der Waals surface area contributed by atoms with Crippen molar-refractivity contribution in [2.24, 2.45) is 0 Å². The van der Waals surface area contributed by atoms with Gasteiger partial charge in [-0.05, 0) is 44.2 Å². The number of hydrogen-bond donors (Lipinski definition) is 2. The number of nitrogens with zero attached hydrogens (tertiary/aromatic N) is 5. The SMILES string of the molecule is COc1cc(-c2cc(O)c(-c3nnc(N(C4CC4)C4CC5CCC(N5)C4F)s3)cc2F)ncn1. The van der Waals surface area contributed by atoms with Crippen LogP contribution in [0.2, 0.25) is 0 Å². The number of halogens is 2. The number of phenolic OH excluding ortho intramolecular Hbond substituents is 1. The zero-order valence-corrected chi connectivity index (χ0v) is 19.3. The highest BCUT2D eigenvalue weighted by molar-refractivity contribution is 7.18. The van der Waals surface area contributed by atoms with E-state index >= 15 is 8.78 Å². The van der Waals surface area contributed by atoms with Crippen molar-refractivity contribution in [2.45, 2.75) is 62.4 Å². The van der Waals surface area contributed by atoms with E-state index in [1.807, 2.05) is 0 Å². The summed E-state index contributed by atoms with van der Waals surface area (Å²) < 4.78 is 35.4. The van der Waals surface area contributed by atoms with E-state index in [0.717, 1.165) is 32.1 Å². The zero-order chi connectivity index (χ0) is 23.4. The highest BCUT2D eigenvalue weighted by atomic mass is 32.1. The van der Waals surface area contributed by atoms with Crippen molar-refractivity contribution in [3.05, 3.63) is 30.3 Å². The number of piperidine rings is 1. The Morgan fingerprint density at radius 1 is 1.12 bits per heavy atom. The quantitative estimate of drug-likeness (QED) is 0.544. The molecule has 4 heterocycles. The minimum Gasteiger partial charge on any atom is -0.507 e. The third-order valence-corrected chi connectivity index (χ3v) is 7.90. The largest absolute Gasteiger partial charge is 0.507 e. The molecule has 3 aliphatic rings. The van der Waals surface area contributed by atoms with E-state index in [1.54, 1.807) is 0 Å². The molecule has 2 saturated heterocycles. The van der Waals surface area contributed by atoms with Gasteiger partial charge in [-0.2, -0.15) is 0 Å². The fourth-order valence-corrected chi connectivity index (χ4v) is 6.12. The number of fused-ring (bicyclic) bond motifs is 2. The molecule has 34 heavy (non-hydrogen) atoms. The van der Waals surface area contributed by atoms with Crippen LogP contribution in [0.15, 0.2) is 24.5 Å². The number of benzene rings is 1. The molecule has 178 valence electrons. The van der Waals surface area contributed by atoms with Crippen LogP contribution in [0.5, 0.6) is 11.6 Å². The van der Waals surface area contributed by atoms with Gasteiger partial charge in [-0.15, -0.1) is 10.2 Å². The normalized spacial score (nSPS) is 26.0. The number of methoxy groups -OCH3 is 1. The average molecular weight is 487 g/mol. The first-order chi connectivity index (χ1) is 16.5. The third-order valence-electron chi connectivity index (χ3n) is 6.93. The number of rotatable bonds is 6. The molecule has 1 aliphatic carbocycles. The van der Waals surface area contributed by atoms with Gasteiger partial charge in [0.15, 0.2) is 5.01 Å². The van der Waals surface area contributed by atoms with Crippen LogP contribution in [0.4, 0.5) is 13.9 Å². The second-order valence-electron chi connectivity index (χ2n) is 9.12. The summed E-state index contributed by atoms with van der Waals surface area (Å²) in [5, 5.41) is 23.7. The second kappa shape index (κ2) is 8.38. The fourth-order valence-electron chi connectivity index (χ4n) is 5.12. The van der Waals surface area contributed by atoms with Crippen LogP contribution in [0.3, 0.4) is 0 Å². The predicted octanol–water partition coefficient (Wildman–Crippen LogP) is 3.72. The lowest BCUT2D eigenvalue weighted by atomic mass is 9.96. The number of alkyl halides is 1. The summed E-state index contributed by atoms with van der Waals surface area (Å²) in [5.41, 5.74) is 0.652. The number of ether oxygens (including phenoxy) is 1. The van der Waals surface area contributed by atoms with Gasteiger partial charge in [0, 0.05) is 29.8 Å². The summed E-state index contributed by atoms with van der Waals surface area (Å²) in [5.74, 6) is -0.416. The Kier molecular flexibility index (Phi) is 5.33. The lowest BCUT2D eigenvalue weighted by molar-refractivity contribution is 0.172. The molecule has 11 heteroatoms. The zero-order valence-electron chi connectivity index (χ0n) is 18.5. The van der Waals surface area contributed by atoms with Gasteiger partial charge in [-0.3, -0.25) is 0 Å². The lowest BCUT2D eigenvalue weighted by Gasteiger charge is -2.40. The number of nitrogens with one attached hydrogen (secondary N) is 1. The Morgan fingerprint density at radius 2 is 1.97 bits per heavy atom. The summed E-state index contributed by atoms with van der Waals surface area (Å²) in [6, 6.07) is 4.27. The first-order valence-corrected chi connectivity index (χ1v) is 12.2. The molecule has 3 aromatic rings. The molecule has 0 radical (unpaired) electrons. The van der Waals surface area contributed by atoms with Crippen molar-refractivity contribution < 1.29 is 18.6 Å². The summed E-state index contributed by atoms with van der Waals surface area (Å²) in [6.45, 7) is 0. The number of phenols is 1. The smallest absolute Gasteiger partial charge is 0.216 e. The van der Waals surface area contributed by atoms with E-state index in [2.05, 4.69) is 30.4 Å². The summed E-state index contributed by atoms with van der Waals surface area (Å²) in [6.07, 6.45) is 4.89. The molecule has 0 spiro atoms. The van der Waals surface area contributed by atoms with Crippen LogP contribution in [0, 0.1) is 5.82 Å². The molecule has 2 N–H and O–H groups in total. The van der Waals surface area contributed by atoms with E-state index in [-0.39, 0.29) is 35.0 Å². The van der Waals surface area contributed by atoms with Crippen LogP contribution in [0.25, 0.3) is 21.8 Å². The third kappa shape index (κ3) is 3.76. The fraction of sp³-hybridized carbons (Fsp3) is 0.478. The first kappa shape index (κ1) is 21.6. The number of anilines is 1. The lowest BCUT2D eigenvalue weighted by Crippen LogP contribution is -2.57. The molecule has 3 fully saturated rings. The van der Waals surface area contributed by atoms with Crippen molar-refractivity contribution in [3.63, 3.8) is 0 Å². The van der Waals surface area contributed by atoms with E-state index in [9.17, 15) is 5.11 Å². The minimum absolute atomic E-state index is 0.108.